The van der Waals surface area contributed by atoms with Crippen LogP contribution in [0.4, 0.5) is 5.69 Å². The number of carbonyl (C=O) groups is 1. The fourth-order valence-corrected chi connectivity index (χ4v) is 4.13. The summed E-state index contributed by atoms with van der Waals surface area (Å²) >= 11 is 13.3. The lowest BCUT2D eigenvalue weighted by Gasteiger charge is -2.12. The van der Waals surface area contributed by atoms with E-state index in [9.17, 15) is 4.79 Å². The number of halogens is 2. The van der Waals surface area contributed by atoms with E-state index >= 15 is 0 Å². The zero-order valence-corrected chi connectivity index (χ0v) is 18.6. The van der Waals surface area contributed by atoms with Crippen LogP contribution in [0.3, 0.4) is 0 Å². The second-order valence-corrected chi connectivity index (χ2v) is 8.88. The Balaban J connectivity index is 1.68. The van der Waals surface area contributed by atoms with E-state index in [-0.39, 0.29) is 11.7 Å². The molecule has 1 amide bonds. The number of amides is 1. The van der Waals surface area contributed by atoms with Gasteiger partial charge in [-0.15, -0.1) is 10.2 Å². The molecule has 0 saturated carbocycles. The molecule has 3 aromatic rings. The highest BCUT2D eigenvalue weighted by Gasteiger charge is 2.16. The van der Waals surface area contributed by atoms with E-state index in [1.807, 2.05) is 18.2 Å². The van der Waals surface area contributed by atoms with Crippen molar-refractivity contribution in [3.63, 3.8) is 0 Å². The van der Waals surface area contributed by atoms with Crippen molar-refractivity contribution in [3.8, 4) is 0 Å². The van der Waals surface area contributed by atoms with Crippen molar-refractivity contribution in [1.29, 1.82) is 0 Å². The van der Waals surface area contributed by atoms with E-state index in [1.165, 1.54) is 17.3 Å². The predicted molar refractivity (Wildman–Crippen MR) is 120 cm³/mol. The van der Waals surface area contributed by atoms with Gasteiger partial charge in [0.15, 0.2) is 5.16 Å². The van der Waals surface area contributed by atoms with Crippen molar-refractivity contribution in [2.75, 3.05) is 11.1 Å². The molecule has 1 heterocycles. The van der Waals surface area contributed by atoms with Crippen LogP contribution in [0.2, 0.25) is 10.0 Å². The summed E-state index contributed by atoms with van der Waals surface area (Å²) in [5.41, 5.74) is 1.75. The lowest BCUT2D eigenvalue weighted by atomic mass is 10.1. The maximum atomic E-state index is 12.4. The molecule has 0 bridgehead atoms. The minimum absolute atomic E-state index is 0.156. The molecule has 3 rings (SSSR count). The molecule has 0 spiro atoms. The van der Waals surface area contributed by atoms with E-state index < -0.39 is 0 Å². The van der Waals surface area contributed by atoms with Crippen molar-refractivity contribution in [1.82, 2.24) is 14.8 Å². The van der Waals surface area contributed by atoms with Gasteiger partial charge in [0.1, 0.15) is 5.82 Å². The average molecular weight is 449 g/mol. The van der Waals surface area contributed by atoms with Gasteiger partial charge in [-0.05, 0) is 29.7 Å². The molecule has 0 unspecified atom stereocenters. The lowest BCUT2D eigenvalue weighted by molar-refractivity contribution is -0.113. The monoisotopic (exact) mass is 448 g/mol. The van der Waals surface area contributed by atoms with Gasteiger partial charge in [-0.1, -0.05) is 79.1 Å². The van der Waals surface area contributed by atoms with Crippen molar-refractivity contribution in [2.45, 2.75) is 32.0 Å². The summed E-state index contributed by atoms with van der Waals surface area (Å²) in [6.07, 6.45) is 0.703. The van der Waals surface area contributed by atoms with Crippen LogP contribution in [0, 0.1) is 5.92 Å². The summed E-state index contributed by atoms with van der Waals surface area (Å²) in [4.78, 5) is 12.4. The molecule has 0 radical (unpaired) electrons. The Morgan fingerprint density at radius 1 is 1.10 bits per heavy atom. The van der Waals surface area contributed by atoms with Gasteiger partial charge in [-0.25, -0.2) is 0 Å². The van der Waals surface area contributed by atoms with Crippen molar-refractivity contribution in [2.24, 2.45) is 5.92 Å². The molecule has 2 aromatic carbocycles. The molecule has 0 aliphatic rings. The van der Waals surface area contributed by atoms with E-state index in [4.69, 9.17) is 23.2 Å². The molecular formula is C21H22Cl2N4OS. The number of rotatable bonds is 8. The molecule has 0 fully saturated rings. The first-order valence-electron chi connectivity index (χ1n) is 9.25. The predicted octanol–water partition coefficient (Wildman–Crippen LogP) is 5.56. The highest BCUT2D eigenvalue weighted by molar-refractivity contribution is 7.99. The van der Waals surface area contributed by atoms with Gasteiger partial charge in [0.05, 0.1) is 5.75 Å². The van der Waals surface area contributed by atoms with Crippen LogP contribution in [0.25, 0.3) is 0 Å². The third kappa shape index (κ3) is 6.49. The second kappa shape index (κ2) is 10.1. The van der Waals surface area contributed by atoms with Crippen LogP contribution >= 0.6 is 35.0 Å². The number of thioether (sulfide) groups is 1. The zero-order valence-electron chi connectivity index (χ0n) is 16.2. The van der Waals surface area contributed by atoms with Gasteiger partial charge in [-0.3, -0.25) is 4.79 Å². The first-order chi connectivity index (χ1) is 13.9. The third-order valence-corrected chi connectivity index (χ3v) is 5.43. The van der Waals surface area contributed by atoms with Crippen molar-refractivity contribution < 1.29 is 4.79 Å². The summed E-state index contributed by atoms with van der Waals surface area (Å²) in [5, 5.41) is 13.2. The lowest BCUT2D eigenvalue weighted by Crippen LogP contribution is -2.15. The summed E-state index contributed by atoms with van der Waals surface area (Å²) in [7, 11) is 0. The van der Waals surface area contributed by atoms with Crippen LogP contribution in [-0.2, 0) is 17.8 Å². The third-order valence-electron chi connectivity index (χ3n) is 4.02. The Labute approximate surface area is 184 Å². The highest BCUT2D eigenvalue weighted by atomic mass is 35.5. The van der Waals surface area contributed by atoms with Crippen LogP contribution in [0.1, 0.15) is 25.2 Å². The smallest absolute Gasteiger partial charge is 0.234 e. The zero-order chi connectivity index (χ0) is 20.8. The molecule has 1 N–H and O–H groups in total. The average Bonchev–Trinajstić information content (AvgIpc) is 3.01. The first kappa shape index (κ1) is 21.7. The maximum Gasteiger partial charge on any atom is 0.234 e. The molecule has 0 saturated heterocycles. The first-order valence-corrected chi connectivity index (χ1v) is 11.0. The van der Waals surface area contributed by atoms with Gasteiger partial charge in [-0.2, -0.15) is 0 Å². The van der Waals surface area contributed by atoms with Crippen LogP contribution in [0.5, 0.6) is 0 Å². The SMILES string of the molecule is CC(C)Cn1c(Cc2ccccc2)nnc1SCC(=O)Nc1cc(Cl)cc(Cl)c1. The van der Waals surface area contributed by atoms with Gasteiger partial charge in [0, 0.05) is 28.7 Å². The summed E-state index contributed by atoms with van der Waals surface area (Å²) < 4.78 is 2.10. The number of hydrogen-bond donors (Lipinski definition) is 1. The van der Waals surface area contributed by atoms with E-state index in [0.29, 0.717) is 28.1 Å². The molecule has 1 aromatic heterocycles. The number of hydrogen-bond acceptors (Lipinski definition) is 4. The molecule has 8 heteroatoms. The Morgan fingerprint density at radius 2 is 1.79 bits per heavy atom. The molecule has 152 valence electrons. The van der Waals surface area contributed by atoms with Gasteiger partial charge < -0.3 is 9.88 Å². The molecule has 0 aliphatic carbocycles. The van der Waals surface area contributed by atoms with E-state index in [2.05, 4.69) is 46.1 Å². The quantitative estimate of drug-likeness (QED) is 0.458. The molecule has 0 atom stereocenters. The minimum atomic E-state index is -0.156. The van der Waals surface area contributed by atoms with Gasteiger partial charge in [0.25, 0.3) is 0 Å². The molecule has 0 aliphatic heterocycles. The molecule has 29 heavy (non-hydrogen) atoms. The second-order valence-electron chi connectivity index (χ2n) is 7.06. The Morgan fingerprint density at radius 3 is 2.45 bits per heavy atom. The van der Waals surface area contributed by atoms with E-state index in [0.717, 1.165) is 17.5 Å². The Kier molecular flexibility index (Phi) is 7.58. The van der Waals surface area contributed by atoms with Crippen LogP contribution in [-0.4, -0.2) is 26.4 Å². The topological polar surface area (TPSA) is 59.8 Å². The summed E-state index contributed by atoms with van der Waals surface area (Å²) in [5.74, 6) is 1.39. The van der Waals surface area contributed by atoms with E-state index in [1.54, 1.807) is 18.2 Å². The number of nitrogens with zero attached hydrogens (tertiary/aromatic N) is 3. The molecular weight excluding hydrogens is 427 g/mol. The summed E-state index contributed by atoms with van der Waals surface area (Å²) in [6, 6.07) is 15.1. The fraction of sp³-hybridized carbons (Fsp3) is 0.286. The maximum absolute atomic E-state index is 12.4. The normalized spacial score (nSPS) is 11.1. The van der Waals surface area contributed by atoms with Gasteiger partial charge >= 0.3 is 0 Å². The molecule has 5 nitrogen and oxygen atoms in total. The number of benzene rings is 2. The Bertz CT molecular complexity index is 956. The fourth-order valence-electron chi connectivity index (χ4n) is 2.84. The minimum Gasteiger partial charge on any atom is -0.325 e. The Hall–Kier alpha value is -2.02. The number of nitrogens with one attached hydrogen (secondary N) is 1. The van der Waals surface area contributed by atoms with Crippen LogP contribution in [0.15, 0.2) is 53.7 Å². The number of carbonyl (C=O) groups excluding carboxylic acids is 1. The van der Waals surface area contributed by atoms with Crippen molar-refractivity contribution >= 4 is 46.6 Å². The largest absolute Gasteiger partial charge is 0.325 e. The highest BCUT2D eigenvalue weighted by Crippen LogP contribution is 2.24. The number of aromatic nitrogens is 3. The standard InChI is InChI=1S/C21H22Cl2N4OS/c1-14(2)12-27-19(8-15-6-4-3-5-7-15)25-26-21(27)29-13-20(28)24-18-10-16(22)9-17(23)11-18/h3-7,9-11,14H,8,12-13H2,1-2H3,(H,24,28). The number of anilines is 1. The van der Waals surface area contributed by atoms with Gasteiger partial charge in [0.2, 0.25) is 5.91 Å². The summed E-state index contributed by atoms with van der Waals surface area (Å²) in [6.45, 7) is 5.09. The van der Waals surface area contributed by atoms with Crippen LogP contribution < -0.4 is 5.32 Å². The van der Waals surface area contributed by atoms with Crippen molar-refractivity contribution in [3.05, 3.63) is 70.0 Å².